The Balaban J connectivity index is 1.42. The van der Waals surface area contributed by atoms with Gasteiger partial charge in [0.2, 0.25) is 5.91 Å². The van der Waals surface area contributed by atoms with E-state index in [1.165, 1.54) is 22.9 Å². The first-order valence-corrected chi connectivity index (χ1v) is 10.3. The van der Waals surface area contributed by atoms with E-state index < -0.39 is 6.04 Å². The SMILES string of the molecule is O=C(CC1=Cc2ccccc2C1)C1SCN[C@@H]1C(=O)N1CCC[C@H]1CO. The minimum Gasteiger partial charge on any atom is -0.394 e. The predicted molar refractivity (Wildman–Crippen MR) is 103 cm³/mol. The molecule has 6 heteroatoms. The highest BCUT2D eigenvalue weighted by atomic mass is 32.2. The van der Waals surface area contributed by atoms with Gasteiger partial charge >= 0.3 is 0 Å². The molecule has 2 saturated heterocycles. The van der Waals surface area contributed by atoms with Gasteiger partial charge in [-0.2, -0.15) is 0 Å². The van der Waals surface area contributed by atoms with Gasteiger partial charge < -0.3 is 10.0 Å². The fourth-order valence-corrected chi connectivity index (χ4v) is 5.34. The zero-order valence-electron chi connectivity index (χ0n) is 14.7. The number of likely N-dealkylation sites (tertiary alicyclic amines) is 1. The maximum atomic E-state index is 12.9. The number of hydrogen-bond acceptors (Lipinski definition) is 5. The molecule has 2 N–H and O–H groups in total. The van der Waals surface area contributed by atoms with Crippen molar-refractivity contribution < 1.29 is 14.7 Å². The molecule has 138 valence electrons. The lowest BCUT2D eigenvalue weighted by molar-refractivity contribution is -0.136. The Hall–Kier alpha value is -1.63. The van der Waals surface area contributed by atoms with E-state index >= 15 is 0 Å². The van der Waals surface area contributed by atoms with Gasteiger partial charge in [-0.05, 0) is 30.4 Å². The molecule has 0 saturated carbocycles. The van der Waals surface area contributed by atoms with E-state index in [1.54, 1.807) is 4.90 Å². The van der Waals surface area contributed by atoms with Crippen molar-refractivity contribution in [1.29, 1.82) is 0 Å². The number of carbonyl (C=O) groups is 2. The first kappa shape index (κ1) is 17.8. The number of hydrogen-bond donors (Lipinski definition) is 2. The minimum atomic E-state index is -0.468. The van der Waals surface area contributed by atoms with E-state index in [0.717, 1.165) is 24.8 Å². The molecule has 2 fully saturated rings. The number of fused-ring (bicyclic) bond motifs is 1. The van der Waals surface area contributed by atoms with E-state index in [9.17, 15) is 14.7 Å². The van der Waals surface area contributed by atoms with E-state index in [2.05, 4.69) is 23.5 Å². The minimum absolute atomic E-state index is 0.00460. The highest BCUT2D eigenvalue weighted by molar-refractivity contribution is 8.00. The molecule has 1 aromatic rings. The molecule has 5 nitrogen and oxygen atoms in total. The number of ketones is 1. The Morgan fingerprint density at radius 2 is 2.15 bits per heavy atom. The number of rotatable bonds is 5. The quantitative estimate of drug-likeness (QED) is 0.822. The monoisotopic (exact) mass is 372 g/mol. The van der Waals surface area contributed by atoms with E-state index in [-0.39, 0.29) is 29.6 Å². The van der Waals surface area contributed by atoms with Crippen LogP contribution in [-0.4, -0.2) is 58.1 Å². The number of nitrogens with zero attached hydrogens (tertiary/aromatic N) is 1. The van der Waals surface area contributed by atoms with Crippen molar-refractivity contribution in [3.63, 3.8) is 0 Å². The highest BCUT2D eigenvalue weighted by Gasteiger charge is 2.42. The number of thioether (sulfide) groups is 1. The Morgan fingerprint density at radius 1 is 1.31 bits per heavy atom. The Bertz CT molecular complexity index is 748. The van der Waals surface area contributed by atoms with Crippen molar-refractivity contribution in [3.8, 4) is 0 Å². The number of aliphatic hydroxyl groups excluding tert-OH is 1. The average Bonchev–Trinajstić information content (AvgIpc) is 3.38. The molecule has 1 amide bonds. The van der Waals surface area contributed by atoms with Crippen LogP contribution in [0.3, 0.4) is 0 Å². The molecule has 4 rings (SSSR count). The third-order valence-corrected chi connectivity index (χ3v) is 6.78. The fraction of sp³-hybridized carbons (Fsp3) is 0.500. The maximum Gasteiger partial charge on any atom is 0.241 e. The third-order valence-electron chi connectivity index (χ3n) is 5.56. The van der Waals surface area contributed by atoms with Crippen LogP contribution in [0.25, 0.3) is 6.08 Å². The molecule has 26 heavy (non-hydrogen) atoms. The highest BCUT2D eigenvalue weighted by Crippen LogP contribution is 2.31. The maximum absolute atomic E-state index is 12.9. The Labute approximate surface area is 157 Å². The molecule has 0 aromatic heterocycles. The van der Waals surface area contributed by atoms with Crippen LogP contribution in [0.4, 0.5) is 0 Å². The van der Waals surface area contributed by atoms with Crippen molar-refractivity contribution >= 4 is 29.5 Å². The van der Waals surface area contributed by atoms with Gasteiger partial charge in [-0.15, -0.1) is 11.8 Å². The van der Waals surface area contributed by atoms with Gasteiger partial charge in [0, 0.05) is 18.8 Å². The van der Waals surface area contributed by atoms with Gasteiger partial charge in [-0.1, -0.05) is 35.9 Å². The molecule has 1 aliphatic carbocycles. The molecule has 2 heterocycles. The predicted octanol–water partition coefficient (Wildman–Crippen LogP) is 1.60. The summed E-state index contributed by atoms with van der Waals surface area (Å²) in [5.74, 6) is 0.703. The van der Waals surface area contributed by atoms with E-state index in [1.807, 2.05) is 12.1 Å². The molecule has 0 radical (unpaired) electrons. The second kappa shape index (κ2) is 7.55. The summed E-state index contributed by atoms with van der Waals surface area (Å²) in [4.78, 5) is 27.6. The average molecular weight is 372 g/mol. The van der Waals surface area contributed by atoms with E-state index in [0.29, 0.717) is 18.8 Å². The number of nitrogens with one attached hydrogen (secondary N) is 1. The Morgan fingerprint density at radius 3 is 2.96 bits per heavy atom. The zero-order chi connectivity index (χ0) is 18.1. The van der Waals surface area contributed by atoms with Crippen LogP contribution in [0.5, 0.6) is 0 Å². The lowest BCUT2D eigenvalue weighted by Crippen LogP contribution is -2.51. The Kier molecular flexibility index (Phi) is 5.16. The summed E-state index contributed by atoms with van der Waals surface area (Å²) in [6, 6.07) is 7.65. The summed E-state index contributed by atoms with van der Waals surface area (Å²) in [6.45, 7) is 0.670. The topological polar surface area (TPSA) is 69.6 Å². The molecule has 0 bridgehead atoms. The summed E-state index contributed by atoms with van der Waals surface area (Å²) < 4.78 is 0. The molecule has 1 unspecified atom stereocenters. The second-order valence-corrected chi connectivity index (χ2v) is 8.37. The fourth-order valence-electron chi connectivity index (χ4n) is 4.21. The lowest BCUT2D eigenvalue weighted by Gasteiger charge is -2.28. The summed E-state index contributed by atoms with van der Waals surface area (Å²) in [5.41, 5.74) is 3.59. The molecule has 3 aliphatic rings. The van der Waals surface area contributed by atoms with E-state index in [4.69, 9.17) is 0 Å². The largest absolute Gasteiger partial charge is 0.394 e. The summed E-state index contributed by atoms with van der Waals surface area (Å²) in [6.07, 6.45) is 5.09. The number of allylic oxidation sites excluding steroid dienone is 1. The normalized spacial score (nSPS) is 27.5. The van der Waals surface area contributed by atoms with Crippen LogP contribution in [0, 0.1) is 0 Å². The third kappa shape index (κ3) is 3.33. The van der Waals surface area contributed by atoms with Crippen LogP contribution < -0.4 is 5.32 Å². The molecule has 0 spiro atoms. The molecule has 1 aromatic carbocycles. The van der Waals surface area contributed by atoms with Crippen molar-refractivity contribution in [3.05, 3.63) is 41.0 Å². The van der Waals surface area contributed by atoms with Crippen LogP contribution in [-0.2, 0) is 16.0 Å². The number of benzene rings is 1. The molecule has 2 aliphatic heterocycles. The lowest BCUT2D eigenvalue weighted by atomic mass is 10.0. The van der Waals surface area contributed by atoms with Gasteiger partial charge in [0.25, 0.3) is 0 Å². The van der Waals surface area contributed by atoms with Crippen molar-refractivity contribution in [1.82, 2.24) is 10.2 Å². The summed E-state index contributed by atoms with van der Waals surface area (Å²) in [7, 11) is 0. The van der Waals surface area contributed by atoms with Gasteiger partial charge in [0.05, 0.1) is 17.9 Å². The molecule has 3 atom stereocenters. The summed E-state index contributed by atoms with van der Waals surface area (Å²) in [5, 5.41) is 12.3. The number of carbonyl (C=O) groups excluding carboxylic acids is 2. The van der Waals surface area contributed by atoms with Crippen LogP contribution in [0.2, 0.25) is 0 Å². The van der Waals surface area contributed by atoms with Gasteiger partial charge in [0.1, 0.15) is 6.04 Å². The molecular weight excluding hydrogens is 348 g/mol. The zero-order valence-corrected chi connectivity index (χ0v) is 15.5. The van der Waals surface area contributed by atoms with Crippen LogP contribution >= 0.6 is 11.8 Å². The first-order valence-electron chi connectivity index (χ1n) is 9.24. The molecular formula is C20H24N2O3S. The van der Waals surface area contributed by atoms with Gasteiger partial charge in [-0.25, -0.2) is 0 Å². The van der Waals surface area contributed by atoms with Gasteiger partial charge in [-0.3, -0.25) is 14.9 Å². The number of aliphatic hydroxyl groups is 1. The van der Waals surface area contributed by atoms with Crippen molar-refractivity contribution in [2.45, 2.75) is 43.0 Å². The first-order chi connectivity index (χ1) is 12.7. The second-order valence-electron chi connectivity index (χ2n) is 7.24. The van der Waals surface area contributed by atoms with Gasteiger partial charge in [0.15, 0.2) is 5.78 Å². The summed E-state index contributed by atoms with van der Waals surface area (Å²) >= 11 is 1.52. The van der Waals surface area contributed by atoms with Crippen molar-refractivity contribution in [2.24, 2.45) is 0 Å². The number of Topliss-reactive ketones (excluding diaryl/α,β-unsaturated/α-hetero) is 1. The van der Waals surface area contributed by atoms with Crippen LogP contribution in [0.1, 0.15) is 30.4 Å². The smallest absolute Gasteiger partial charge is 0.241 e. The van der Waals surface area contributed by atoms with Crippen molar-refractivity contribution in [2.75, 3.05) is 19.0 Å². The number of amides is 1. The standard InChI is InChI=1S/C20H24N2O3S/c23-11-16-6-3-7-22(16)20(25)18-19(26-12-21-18)17(24)10-13-8-14-4-1-2-5-15(14)9-13/h1-2,4-5,8,16,18-19,21,23H,3,6-7,9-12H2/t16-,18-,19?/m0/s1. The van der Waals surface area contributed by atoms with Crippen LogP contribution in [0.15, 0.2) is 29.8 Å².